The zero-order valence-electron chi connectivity index (χ0n) is 10.5. The third-order valence-electron chi connectivity index (χ3n) is 3.40. The summed E-state index contributed by atoms with van der Waals surface area (Å²) < 4.78 is 0. The Kier molecular flexibility index (Phi) is 4.11. The van der Waals surface area contributed by atoms with Crippen molar-refractivity contribution in [2.45, 2.75) is 31.8 Å². The second kappa shape index (κ2) is 5.79. The Hall–Kier alpha value is -1.95. The number of rotatable bonds is 4. The lowest BCUT2D eigenvalue weighted by Crippen LogP contribution is -2.33. The average molecular weight is 263 g/mol. The lowest BCUT2D eigenvalue weighted by molar-refractivity contribution is -0.141. The number of nitrogens with zero attached hydrogens (tertiary/aromatic N) is 1. The Morgan fingerprint density at radius 1 is 1.47 bits per heavy atom. The van der Waals surface area contributed by atoms with Gasteiger partial charge in [0.1, 0.15) is 0 Å². The first-order valence-electron chi connectivity index (χ1n) is 6.29. The van der Waals surface area contributed by atoms with Crippen molar-refractivity contribution < 1.29 is 14.7 Å². The maximum absolute atomic E-state index is 12.0. The number of aromatic nitrogens is 1. The number of nitrogens with two attached hydrogens (primary N) is 1. The minimum absolute atomic E-state index is 0.0666. The summed E-state index contributed by atoms with van der Waals surface area (Å²) >= 11 is 0. The van der Waals surface area contributed by atoms with Crippen LogP contribution in [0.5, 0.6) is 0 Å². The van der Waals surface area contributed by atoms with Gasteiger partial charge in [0.15, 0.2) is 0 Å². The number of carboxylic acid groups (broad SMARTS) is 1. The first kappa shape index (κ1) is 13.5. The van der Waals surface area contributed by atoms with E-state index in [-0.39, 0.29) is 24.4 Å². The van der Waals surface area contributed by atoms with Crippen LogP contribution in [-0.4, -0.2) is 28.0 Å². The van der Waals surface area contributed by atoms with Gasteiger partial charge in [-0.2, -0.15) is 0 Å². The van der Waals surface area contributed by atoms with Crippen molar-refractivity contribution in [3.8, 4) is 0 Å². The normalized spacial score (nSPS) is 22.2. The number of pyridine rings is 1. The number of hydrogen-bond acceptors (Lipinski definition) is 4. The molecule has 1 aliphatic rings. The highest BCUT2D eigenvalue weighted by Gasteiger charge is 2.30. The third kappa shape index (κ3) is 3.29. The molecule has 4 N–H and O–H groups in total. The number of hydrogen-bond donors (Lipinski definition) is 3. The molecular weight excluding hydrogens is 246 g/mol. The molecule has 1 saturated carbocycles. The van der Waals surface area contributed by atoms with Crippen molar-refractivity contribution in [2.75, 3.05) is 0 Å². The molecule has 1 heterocycles. The van der Waals surface area contributed by atoms with E-state index in [0.29, 0.717) is 30.5 Å². The van der Waals surface area contributed by atoms with E-state index in [1.807, 2.05) is 0 Å². The molecule has 0 spiro atoms. The Morgan fingerprint density at radius 3 is 2.89 bits per heavy atom. The van der Waals surface area contributed by atoms with Crippen LogP contribution in [0.1, 0.15) is 35.3 Å². The molecule has 0 radical (unpaired) electrons. The third-order valence-corrected chi connectivity index (χ3v) is 3.40. The molecule has 1 aromatic heterocycles. The van der Waals surface area contributed by atoms with Gasteiger partial charge in [-0.05, 0) is 31.4 Å². The Bertz CT molecular complexity index is 490. The highest BCUT2D eigenvalue weighted by atomic mass is 16.4. The van der Waals surface area contributed by atoms with E-state index >= 15 is 0 Å². The minimum Gasteiger partial charge on any atom is -0.481 e. The maximum atomic E-state index is 12.0. The van der Waals surface area contributed by atoms with Gasteiger partial charge in [-0.25, -0.2) is 0 Å². The molecule has 0 aromatic carbocycles. The van der Waals surface area contributed by atoms with E-state index < -0.39 is 5.97 Å². The lowest BCUT2D eigenvalue weighted by atomic mass is 10.1. The summed E-state index contributed by atoms with van der Waals surface area (Å²) in [5.41, 5.74) is 6.64. The maximum Gasteiger partial charge on any atom is 0.306 e. The summed E-state index contributed by atoms with van der Waals surface area (Å²) in [6.45, 7) is 0.283. The van der Waals surface area contributed by atoms with Gasteiger partial charge >= 0.3 is 5.97 Å². The summed E-state index contributed by atoms with van der Waals surface area (Å²) in [7, 11) is 0. The van der Waals surface area contributed by atoms with E-state index in [4.69, 9.17) is 10.8 Å². The Balaban J connectivity index is 1.96. The second-order valence-corrected chi connectivity index (χ2v) is 4.76. The van der Waals surface area contributed by atoms with Crippen LogP contribution in [0.15, 0.2) is 18.3 Å². The molecule has 6 nitrogen and oxygen atoms in total. The van der Waals surface area contributed by atoms with E-state index in [1.54, 1.807) is 18.3 Å². The van der Waals surface area contributed by atoms with Crippen molar-refractivity contribution in [2.24, 2.45) is 11.7 Å². The molecule has 102 valence electrons. The van der Waals surface area contributed by atoms with Crippen LogP contribution in [0.3, 0.4) is 0 Å². The Morgan fingerprint density at radius 2 is 2.26 bits per heavy atom. The topological polar surface area (TPSA) is 105 Å². The highest BCUT2D eigenvalue weighted by molar-refractivity contribution is 5.94. The van der Waals surface area contributed by atoms with E-state index in [1.165, 1.54) is 0 Å². The van der Waals surface area contributed by atoms with Crippen molar-refractivity contribution in [3.63, 3.8) is 0 Å². The minimum atomic E-state index is -0.786. The zero-order chi connectivity index (χ0) is 13.8. The summed E-state index contributed by atoms with van der Waals surface area (Å²) in [6.07, 6.45) is 3.37. The first-order valence-corrected chi connectivity index (χ1v) is 6.29. The van der Waals surface area contributed by atoms with Crippen LogP contribution in [0.2, 0.25) is 0 Å². The number of amides is 1. The van der Waals surface area contributed by atoms with Crippen LogP contribution in [0.4, 0.5) is 0 Å². The van der Waals surface area contributed by atoms with Gasteiger partial charge in [-0.3, -0.25) is 14.6 Å². The lowest BCUT2D eigenvalue weighted by Gasteiger charge is -2.12. The molecule has 1 aromatic rings. The first-order chi connectivity index (χ1) is 9.10. The van der Waals surface area contributed by atoms with Crippen molar-refractivity contribution >= 4 is 11.9 Å². The molecule has 0 unspecified atom stereocenters. The van der Waals surface area contributed by atoms with Gasteiger partial charge in [-0.1, -0.05) is 0 Å². The molecule has 0 bridgehead atoms. The largest absolute Gasteiger partial charge is 0.481 e. The SMILES string of the molecule is NCc1cc(C(=O)N[C@H]2CC[C@@H](C(=O)O)C2)ccn1. The molecule has 2 rings (SSSR count). The molecule has 1 fully saturated rings. The standard InChI is InChI=1S/C13H17N3O3/c14-7-11-5-8(3-4-15-11)12(17)16-10-2-1-9(6-10)13(18)19/h3-5,9-10H,1-2,6-7,14H2,(H,16,17)(H,18,19)/t9-,10+/m1/s1. The molecule has 6 heteroatoms. The molecule has 19 heavy (non-hydrogen) atoms. The van der Waals surface area contributed by atoms with E-state index in [2.05, 4.69) is 10.3 Å². The molecule has 1 amide bonds. The van der Waals surface area contributed by atoms with E-state index in [9.17, 15) is 9.59 Å². The second-order valence-electron chi connectivity index (χ2n) is 4.76. The van der Waals surface area contributed by atoms with Crippen molar-refractivity contribution in [1.29, 1.82) is 0 Å². The summed E-state index contributed by atoms with van der Waals surface area (Å²) in [4.78, 5) is 26.9. The van der Waals surface area contributed by atoms with Gasteiger partial charge in [-0.15, -0.1) is 0 Å². The van der Waals surface area contributed by atoms with Crippen LogP contribution in [-0.2, 0) is 11.3 Å². The van der Waals surface area contributed by atoms with Crippen molar-refractivity contribution in [1.82, 2.24) is 10.3 Å². The number of carbonyl (C=O) groups is 2. The Labute approximate surface area is 111 Å². The summed E-state index contributed by atoms with van der Waals surface area (Å²) in [5.74, 6) is -1.33. The number of nitrogens with one attached hydrogen (secondary N) is 1. The predicted molar refractivity (Wildman–Crippen MR) is 68.4 cm³/mol. The van der Waals surface area contributed by atoms with Crippen LogP contribution in [0, 0.1) is 5.92 Å². The van der Waals surface area contributed by atoms with Gasteiger partial charge < -0.3 is 16.2 Å². The molecule has 2 atom stereocenters. The fourth-order valence-electron chi connectivity index (χ4n) is 2.34. The molecule has 0 aliphatic heterocycles. The predicted octanol–water partition coefficient (Wildman–Crippen LogP) is 0.523. The highest BCUT2D eigenvalue weighted by Crippen LogP contribution is 2.25. The fourth-order valence-corrected chi connectivity index (χ4v) is 2.34. The molecular formula is C13H17N3O3. The number of carbonyl (C=O) groups excluding carboxylic acids is 1. The quantitative estimate of drug-likeness (QED) is 0.734. The number of carboxylic acids is 1. The zero-order valence-corrected chi connectivity index (χ0v) is 10.5. The van der Waals surface area contributed by atoms with Gasteiger partial charge in [0.2, 0.25) is 0 Å². The molecule has 0 saturated heterocycles. The molecule has 1 aliphatic carbocycles. The van der Waals surface area contributed by atoms with Gasteiger partial charge in [0.25, 0.3) is 5.91 Å². The fraction of sp³-hybridized carbons (Fsp3) is 0.462. The van der Waals surface area contributed by atoms with E-state index in [0.717, 1.165) is 0 Å². The average Bonchev–Trinajstić information content (AvgIpc) is 2.87. The van der Waals surface area contributed by atoms with Crippen molar-refractivity contribution in [3.05, 3.63) is 29.6 Å². The smallest absolute Gasteiger partial charge is 0.306 e. The monoisotopic (exact) mass is 263 g/mol. The van der Waals surface area contributed by atoms with Gasteiger partial charge in [0, 0.05) is 24.3 Å². The van der Waals surface area contributed by atoms with Crippen LogP contribution >= 0.6 is 0 Å². The van der Waals surface area contributed by atoms with Crippen LogP contribution < -0.4 is 11.1 Å². The van der Waals surface area contributed by atoms with Crippen LogP contribution in [0.25, 0.3) is 0 Å². The summed E-state index contributed by atoms with van der Waals surface area (Å²) in [6, 6.07) is 3.21. The summed E-state index contributed by atoms with van der Waals surface area (Å²) in [5, 5.41) is 11.8. The van der Waals surface area contributed by atoms with Gasteiger partial charge in [0.05, 0.1) is 11.6 Å². The number of aliphatic carboxylic acids is 1.